The minimum atomic E-state index is -1.13. The summed E-state index contributed by atoms with van der Waals surface area (Å²) in [7, 11) is 0. The quantitative estimate of drug-likeness (QED) is 0.187. The van der Waals surface area contributed by atoms with Crippen LogP contribution in [0.2, 0.25) is 0 Å². The average Bonchev–Trinajstić information content (AvgIpc) is 2.65. The van der Waals surface area contributed by atoms with E-state index >= 15 is 0 Å². The molecule has 0 bridgehead atoms. The summed E-state index contributed by atoms with van der Waals surface area (Å²) >= 11 is 7.00. The zero-order valence-corrected chi connectivity index (χ0v) is 17.9. The molecule has 3 atom stereocenters. The fourth-order valence-electron chi connectivity index (χ4n) is 1.99. The number of rotatable bonds is 14. The standard InChI is InChI=1S/C15H28N4O5S3/c1-26-5-3-9(13(21)19-10(15(23)24)4-6-27-2)18-14(22)11(8-25)17-12(20)7-16/h9-11,25H,3-8,16H2,1-2H3,(H,17,20)(H,18,22)(H,19,21)(H,23,24). The van der Waals surface area contributed by atoms with E-state index in [0.29, 0.717) is 17.9 Å². The zero-order valence-electron chi connectivity index (χ0n) is 15.4. The second-order valence-corrected chi connectivity index (χ2v) is 7.87. The number of carbonyl (C=O) groups is 4. The Bertz CT molecular complexity index is 510. The van der Waals surface area contributed by atoms with Crippen LogP contribution in [0.15, 0.2) is 0 Å². The Hall–Kier alpha value is -1.11. The number of hydrogen-bond donors (Lipinski definition) is 6. The monoisotopic (exact) mass is 440 g/mol. The SMILES string of the molecule is CSCCC(NC(=O)C(CCSC)NC(=O)C(CS)NC(=O)CN)C(=O)O. The van der Waals surface area contributed by atoms with Crippen molar-refractivity contribution in [1.82, 2.24) is 16.0 Å². The first kappa shape index (κ1) is 25.9. The van der Waals surface area contributed by atoms with Gasteiger partial charge in [-0.2, -0.15) is 36.2 Å². The van der Waals surface area contributed by atoms with Gasteiger partial charge in [0.05, 0.1) is 6.54 Å². The summed E-state index contributed by atoms with van der Waals surface area (Å²) in [6, 6.07) is -2.89. The molecular weight excluding hydrogens is 412 g/mol. The molecule has 0 aromatic carbocycles. The van der Waals surface area contributed by atoms with E-state index < -0.39 is 41.8 Å². The minimum absolute atomic E-state index is 0.0277. The highest BCUT2D eigenvalue weighted by atomic mass is 32.2. The molecule has 6 N–H and O–H groups in total. The fraction of sp³-hybridized carbons (Fsp3) is 0.733. The number of thiol groups is 1. The molecule has 156 valence electrons. The van der Waals surface area contributed by atoms with Crippen molar-refractivity contribution >= 4 is 59.8 Å². The molecule has 9 nitrogen and oxygen atoms in total. The maximum absolute atomic E-state index is 12.5. The Morgan fingerprint density at radius 2 is 1.41 bits per heavy atom. The van der Waals surface area contributed by atoms with Crippen LogP contribution in [0.5, 0.6) is 0 Å². The molecule has 0 aliphatic heterocycles. The maximum atomic E-state index is 12.5. The lowest BCUT2D eigenvalue weighted by Crippen LogP contribution is -2.56. The first-order valence-electron chi connectivity index (χ1n) is 8.22. The molecule has 0 radical (unpaired) electrons. The molecule has 0 aromatic rings. The predicted molar refractivity (Wildman–Crippen MR) is 112 cm³/mol. The van der Waals surface area contributed by atoms with Gasteiger partial charge >= 0.3 is 5.97 Å². The first-order valence-corrected chi connectivity index (χ1v) is 11.6. The van der Waals surface area contributed by atoms with E-state index in [1.807, 2.05) is 12.5 Å². The molecule has 0 saturated heterocycles. The van der Waals surface area contributed by atoms with Crippen molar-refractivity contribution in [3.05, 3.63) is 0 Å². The third-order valence-corrected chi connectivity index (χ3v) is 5.14. The van der Waals surface area contributed by atoms with Gasteiger partial charge in [0, 0.05) is 5.75 Å². The number of thioether (sulfide) groups is 2. The van der Waals surface area contributed by atoms with Crippen molar-refractivity contribution in [2.45, 2.75) is 31.0 Å². The van der Waals surface area contributed by atoms with Crippen LogP contribution in [0.25, 0.3) is 0 Å². The Morgan fingerprint density at radius 1 is 0.926 bits per heavy atom. The number of carboxylic acid groups (broad SMARTS) is 1. The summed E-state index contributed by atoms with van der Waals surface area (Å²) < 4.78 is 0. The topological polar surface area (TPSA) is 151 Å². The summed E-state index contributed by atoms with van der Waals surface area (Å²) in [5.41, 5.74) is 5.22. The van der Waals surface area contributed by atoms with E-state index in [1.54, 1.807) is 0 Å². The lowest BCUT2D eigenvalue weighted by molar-refractivity contribution is -0.142. The largest absolute Gasteiger partial charge is 0.480 e. The normalized spacial score (nSPS) is 13.9. The fourth-order valence-corrected chi connectivity index (χ4v) is 3.19. The third kappa shape index (κ3) is 10.7. The second-order valence-electron chi connectivity index (χ2n) is 5.53. The molecule has 0 aromatic heterocycles. The van der Waals surface area contributed by atoms with Crippen molar-refractivity contribution in [3.8, 4) is 0 Å². The van der Waals surface area contributed by atoms with E-state index in [0.717, 1.165) is 0 Å². The van der Waals surface area contributed by atoms with E-state index in [2.05, 4.69) is 28.6 Å². The number of amides is 3. The highest BCUT2D eigenvalue weighted by Crippen LogP contribution is 2.05. The molecule has 0 spiro atoms. The summed E-state index contributed by atoms with van der Waals surface area (Å²) in [5.74, 6) is -1.61. The molecule has 12 heteroatoms. The van der Waals surface area contributed by atoms with Gasteiger partial charge in [-0.15, -0.1) is 0 Å². The highest BCUT2D eigenvalue weighted by Gasteiger charge is 2.28. The van der Waals surface area contributed by atoms with Crippen molar-refractivity contribution in [1.29, 1.82) is 0 Å². The van der Waals surface area contributed by atoms with Gasteiger partial charge in [-0.25, -0.2) is 4.79 Å². The number of aliphatic carboxylic acids is 1. The maximum Gasteiger partial charge on any atom is 0.326 e. The van der Waals surface area contributed by atoms with Crippen molar-refractivity contribution in [2.24, 2.45) is 5.73 Å². The van der Waals surface area contributed by atoms with Crippen LogP contribution in [-0.2, 0) is 19.2 Å². The Kier molecular flexibility index (Phi) is 14.3. The molecule has 3 amide bonds. The average molecular weight is 441 g/mol. The lowest BCUT2D eigenvalue weighted by Gasteiger charge is -2.23. The van der Waals surface area contributed by atoms with Gasteiger partial charge in [-0.3, -0.25) is 14.4 Å². The van der Waals surface area contributed by atoms with Crippen molar-refractivity contribution in [3.63, 3.8) is 0 Å². The minimum Gasteiger partial charge on any atom is -0.480 e. The molecule has 3 unspecified atom stereocenters. The van der Waals surface area contributed by atoms with E-state index in [1.165, 1.54) is 23.5 Å². The van der Waals surface area contributed by atoms with Gasteiger partial charge < -0.3 is 26.8 Å². The molecule has 0 heterocycles. The number of carboxylic acids is 1. The highest BCUT2D eigenvalue weighted by molar-refractivity contribution is 7.98. The Labute approximate surface area is 173 Å². The first-order chi connectivity index (χ1) is 12.8. The number of hydrogen-bond acceptors (Lipinski definition) is 8. The van der Waals surface area contributed by atoms with Gasteiger partial charge in [0.25, 0.3) is 0 Å². The van der Waals surface area contributed by atoms with Gasteiger partial charge in [0.1, 0.15) is 18.1 Å². The predicted octanol–water partition coefficient (Wildman–Crippen LogP) is -1.08. The molecule has 0 aliphatic carbocycles. The van der Waals surface area contributed by atoms with Gasteiger partial charge in [-0.05, 0) is 36.9 Å². The van der Waals surface area contributed by atoms with Crippen molar-refractivity contribution < 1.29 is 24.3 Å². The van der Waals surface area contributed by atoms with Crippen LogP contribution in [-0.4, -0.2) is 83.2 Å². The summed E-state index contributed by atoms with van der Waals surface area (Å²) in [5, 5.41) is 16.7. The van der Waals surface area contributed by atoms with Crippen LogP contribution < -0.4 is 21.7 Å². The van der Waals surface area contributed by atoms with Gasteiger partial charge in [-0.1, -0.05) is 0 Å². The molecular formula is C15H28N4O5S3. The van der Waals surface area contributed by atoms with Crippen LogP contribution in [0.4, 0.5) is 0 Å². The smallest absolute Gasteiger partial charge is 0.326 e. The second kappa shape index (κ2) is 14.9. The molecule has 0 rings (SSSR count). The zero-order chi connectivity index (χ0) is 20.8. The summed E-state index contributed by atoms with van der Waals surface area (Å²) in [6.45, 7) is -0.274. The molecule has 27 heavy (non-hydrogen) atoms. The number of nitrogens with two attached hydrogens (primary N) is 1. The number of nitrogens with one attached hydrogen (secondary N) is 3. The van der Waals surface area contributed by atoms with Crippen LogP contribution in [0.1, 0.15) is 12.8 Å². The summed E-state index contributed by atoms with van der Waals surface area (Å²) in [6.07, 6.45) is 4.29. The van der Waals surface area contributed by atoms with Gasteiger partial charge in [0.2, 0.25) is 17.7 Å². The molecule has 0 saturated carbocycles. The Balaban J connectivity index is 5.06. The molecule has 0 fully saturated rings. The van der Waals surface area contributed by atoms with E-state index in [4.69, 9.17) is 5.73 Å². The molecule has 0 aliphatic rings. The van der Waals surface area contributed by atoms with Crippen LogP contribution >= 0.6 is 36.2 Å². The third-order valence-electron chi connectivity index (χ3n) is 3.49. The van der Waals surface area contributed by atoms with Crippen molar-refractivity contribution in [2.75, 3.05) is 36.3 Å². The van der Waals surface area contributed by atoms with E-state index in [9.17, 15) is 24.3 Å². The van der Waals surface area contributed by atoms with Crippen LogP contribution in [0.3, 0.4) is 0 Å². The van der Waals surface area contributed by atoms with Gasteiger partial charge in [0.15, 0.2) is 0 Å². The van der Waals surface area contributed by atoms with Crippen LogP contribution in [0, 0.1) is 0 Å². The summed E-state index contributed by atoms with van der Waals surface area (Å²) in [4.78, 5) is 47.6. The number of carbonyl (C=O) groups excluding carboxylic acids is 3. The Morgan fingerprint density at radius 3 is 1.85 bits per heavy atom. The van der Waals surface area contributed by atoms with E-state index in [-0.39, 0.29) is 18.7 Å². The lowest BCUT2D eigenvalue weighted by atomic mass is 10.1.